The van der Waals surface area contributed by atoms with E-state index in [2.05, 4.69) is 45.1 Å². The molecule has 0 amide bonds. The van der Waals surface area contributed by atoms with Crippen molar-refractivity contribution in [3.8, 4) is 0 Å². The molecule has 0 aliphatic carbocycles. The summed E-state index contributed by atoms with van der Waals surface area (Å²) in [7, 11) is 0. The van der Waals surface area contributed by atoms with E-state index in [0.717, 1.165) is 83.5 Å². The summed E-state index contributed by atoms with van der Waals surface area (Å²) < 4.78 is 16.9. The van der Waals surface area contributed by atoms with Crippen LogP contribution in [0.25, 0.3) is 0 Å². The van der Waals surface area contributed by atoms with E-state index in [1.807, 2.05) is 0 Å². The number of unbranched alkanes of at least 4 members (excludes halogenated alkanes) is 44. The van der Waals surface area contributed by atoms with Gasteiger partial charge < -0.3 is 14.2 Å². The van der Waals surface area contributed by atoms with Gasteiger partial charge in [-0.3, -0.25) is 14.4 Å². The van der Waals surface area contributed by atoms with Gasteiger partial charge in [0.2, 0.25) is 0 Å². The molecule has 6 nitrogen and oxygen atoms in total. The Morgan fingerprint density at radius 2 is 0.521 bits per heavy atom. The van der Waals surface area contributed by atoms with Gasteiger partial charge >= 0.3 is 17.9 Å². The molecule has 0 heterocycles. The third kappa shape index (κ3) is 58.7. The van der Waals surface area contributed by atoms with Gasteiger partial charge in [-0.2, -0.15) is 0 Å². The normalized spacial score (nSPS) is 12.1. The van der Waals surface area contributed by atoms with Gasteiger partial charge in [0.25, 0.3) is 0 Å². The number of hydrogen-bond donors (Lipinski definition) is 0. The van der Waals surface area contributed by atoms with Crippen molar-refractivity contribution >= 4 is 17.9 Å². The molecule has 0 saturated heterocycles. The van der Waals surface area contributed by atoms with Crippen molar-refractivity contribution < 1.29 is 28.6 Å². The maximum Gasteiger partial charge on any atom is 0.306 e. The van der Waals surface area contributed by atoms with E-state index in [1.165, 1.54) is 231 Å². The van der Waals surface area contributed by atoms with Gasteiger partial charge in [-0.1, -0.05) is 315 Å². The largest absolute Gasteiger partial charge is 0.462 e. The van der Waals surface area contributed by atoms with Gasteiger partial charge in [0, 0.05) is 19.3 Å². The Balaban J connectivity index is 4.14. The van der Waals surface area contributed by atoms with Crippen LogP contribution >= 0.6 is 0 Å². The van der Waals surface area contributed by atoms with Crippen LogP contribution in [0, 0.1) is 0 Å². The molecule has 0 rings (SSSR count). The topological polar surface area (TPSA) is 78.9 Å². The summed E-state index contributed by atoms with van der Waals surface area (Å²) in [5, 5.41) is 0. The number of allylic oxidation sites excluding steroid dienone is 4. The molecule has 1 atom stereocenters. The Morgan fingerprint density at radius 1 is 0.282 bits per heavy atom. The first-order chi connectivity index (χ1) is 35.0. The summed E-state index contributed by atoms with van der Waals surface area (Å²) in [4.78, 5) is 38.2. The van der Waals surface area contributed by atoms with Crippen LogP contribution in [-0.2, 0) is 28.6 Å². The molecule has 418 valence electrons. The van der Waals surface area contributed by atoms with Gasteiger partial charge in [0.15, 0.2) is 6.10 Å². The average Bonchev–Trinajstić information content (AvgIpc) is 3.37. The van der Waals surface area contributed by atoms with E-state index in [-0.39, 0.29) is 31.1 Å². The van der Waals surface area contributed by atoms with E-state index >= 15 is 0 Å². The average molecular weight is 1000 g/mol. The van der Waals surface area contributed by atoms with E-state index in [9.17, 15) is 14.4 Å². The Bertz CT molecular complexity index is 1150. The minimum atomic E-state index is -0.774. The van der Waals surface area contributed by atoms with Gasteiger partial charge in [0.05, 0.1) is 0 Å². The monoisotopic (exact) mass is 999 g/mol. The highest BCUT2D eigenvalue weighted by molar-refractivity contribution is 5.71. The predicted octanol–water partition coefficient (Wildman–Crippen LogP) is 21.4. The second-order valence-electron chi connectivity index (χ2n) is 21.7. The highest BCUT2D eigenvalue weighted by Crippen LogP contribution is 2.18. The van der Waals surface area contributed by atoms with Crippen molar-refractivity contribution in [1.82, 2.24) is 0 Å². The van der Waals surface area contributed by atoms with Crippen molar-refractivity contribution in [3.05, 3.63) is 24.3 Å². The molecule has 0 N–H and O–H groups in total. The van der Waals surface area contributed by atoms with Crippen LogP contribution in [0.5, 0.6) is 0 Å². The lowest BCUT2D eigenvalue weighted by atomic mass is 10.0. The molecule has 0 fully saturated rings. The summed E-state index contributed by atoms with van der Waals surface area (Å²) in [5.74, 6) is -0.862. The fourth-order valence-corrected chi connectivity index (χ4v) is 9.64. The molecule has 0 saturated carbocycles. The van der Waals surface area contributed by atoms with Gasteiger partial charge in [-0.05, 0) is 44.9 Å². The number of hydrogen-bond acceptors (Lipinski definition) is 6. The quantitative estimate of drug-likeness (QED) is 0.0261. The summed E-state index contributed by atoms with van der Waals surface area (Å²) in [6.07, 6.45) is 72.0. The van der Waals surface area contributed by atoms with Crippen molar-refractivity contribution in [1.29, 1.82) is 0 Å². The molecule has 0 radical (unpaired) electrons. The van der Waals surface area contributed by atoms with Gasteiger partial charge in [-0.15, -0.1) is 0 Å². The summed E-state index contributed by atoms with van der Waals surface area (Å²) >= 11 is 0. The fraction of sp³-hybridized carbons (Fsp3) is 0.892. The lowest BCUT2D eigenvalue weighted by Gasteiger charge is -2.18. The van der Waals surface area contributed by atoms with Crippen molar-refractivity contribution in [2.75, 3.05) is 13.2 Å². The molecule has 0 aromatic rings. The molecular weight excluding hydrogens is 877 g/mol. The molecule has 6 heteroatoms. The van der Waals surface area contributed by atoms with Crippen LogP contribution in [0.3, 0.4) is 0 Å². The second kappa shape index (κ2) is 60.4. The molecule has 0 aromatic heterocycles. The zero-order chi connectivity index (χ0) is 51.4. The van der Waals surface area contributed by atoms with Crippen LogP contribution < -0.4 is 0 Å². The minimum Gasteiger partial charge on any atom is -0.462 e. The number of carbonyl (C=O) groups is 3. The second-order valence-corrected chi connectivity index (χ2v) is 21.7. The van der Waals surface area contributed by atoms with E-state index < -0.39 is 6.10 Å². The van der Waals surface area contributed by atoms with Gasteiger partial charge in [-0.25, -0.2) is 0 Å². The van der Waals surface area contributed by atoms with Crippen LogP contribution in [0.1, 0.15) is 355 Å². The Kier molecular flexibility index (Phi) is 58.6. The Hall–Kier alpha value is -2.11. The molecule has 0 aromatic carbocycles. The third-order valence-corrected chi connectivity index (χ3v) is 14.5. The Morgan fingerprint density at radius 3 is 0.817 bits per heavy atom. The van der Waals surface area contributed by atoms with Crippen LogP contribution in [0.15, 0.2) is 24.3 Å². The van der Waals surface area contributed by atoms with Gasteiger partial charge in [0.1, 0.15) is 13.2 Å². The van der Waals surface area contributed by atoms with E-state index in [0.29, 0.717) is 19.3 Å². The molecule has 71 heavy (non-hydrogen) atoms. The molecule has 0 spiro atoms. The van der Waals surface area contributed by atoms with Crippen LogP contribution in [-0.4, -0.2) is 37.2 Å². The number of carbonyl (C=O) groups excluding carboxylic acids is 3. The third-order valence-electron chi connectivity index (χ3n) is 14.5. The molecule has 0 aliphatic heterocycles. The zero-order valence-corrected chi connectivity index (χ0v) is 48.0. The first kappa shape index (κ1) is 68.9. The summed E-state index contributed by atoms with van der Waals surface area (Å²) in [5.41, 5.74) is 0. The number of esters is 3. The molecule has 1 unspecified atom stereocenters. The summed E-state index contributed by atoms with van der Waals surface area (Å²) in [6, 6.07) is 0. The smallest absolute Gasteiger partial charge is 0.306 e. The highest BCUT2D eigenvalue weighted by atomic mass is 16.6. The lowest BCUT2D eigenvalue weighted by molar-refractivity contribution is -0.167. The van der Waals surface area contributed by atoms with Crippen LogP contribution in [0.4, 0.5) is 0 Å². The van der Waals surface area contributed by atoms with Crippen molar-refractivity contribution in [2.45, 2.75) is 361 Å². The predicted molar refractivity (Wildman–Crippen MR) is 307 cm³/mol. The Labute approximate surface area is 443 Å². The maximum atomic E-state index is 12.8. The van der Waals surface area contributed by atoms with Crippen LogP contribution in [0.2, 0.25) is 0 Å². The molecular formula is C65H122O6. The number of rotatable bonds is 59. The SMILES string of the molecule is CCCC/C=C\C/C=C\CCCCCCCC(=O)OC(COC(=O)CCCCCCCCCCCCCC)COC(=O)CCCCCCCCCCCCCCCCCCCCCCCCCCCCC. The highest BCUT2D eigenvalue weighted by Gasteiger charge is 2.19. The van der Waals surface area contributed by atoms with Crippen molar-refractivity contribution in [2.24, 2.45) is 0 Å². The maximum absolute atomic E-state index is 12.8. The molecule has 0 aliphatic rings. The summed E-state index contributed by atoms with van der Waals surface area (Å²) in [6.45, 7) is 6.64. The van der Waals surface area contributed by atoms with E-state index in [4.69, 9.17) is 14.2 Å². The van der Waals surface area contributed by atoms with Crippen molar-refractivity contribution in [3.63, 3.8) is 0 Å². The zero-order valence-electron chi connectivity index (χ0n) is 48.0. The van der Waals surface area contributed by atoms with E-state index in [1.54, 1.807) is 0 Å². The fourth-order valence-electron chi connectivity index (χ4n) is 9.64. The standard InChI is InChI=1S/C65H122O6/c1-4-7-10-13-16-19-22-25-27-28-29-30-31-32-33-34-35-36-37-38-39-41-43-46-49-52-55-58-64(67)70-61-62(60-69-63(66)57-54-51-48-45-42-24-21-18-15-12-9-6-3)71-65(68)59-56-53-50-47-44-40-26-23-20-17-14-11-8-5-2/h14,17,23,26,62H,4-13,15-16,18-22,24-25,27-61H2,1-3H3/b17-14-,26-23-. The lowest BCUT2D eigenvalue weighted by Crippen LogP contribution is -2.30. The number of ether oxygens (including phenoxy) is 3. The first-order valence-corrected chi connectivity index (χ1v) is 31.8. The first-order valence-electron chi connectivity index (χ1n) is 31.8. The minimum absolute atomic E-state index is 0.0714. The molecule has 0 bridgehead atoms.